The maximum atomic E-state index is 10.2. The fourth-order valence-electron chi connectivity index (χ4n) is 6.92. The molecule has 8 aromatic rings. The number of aromatic hydroxyl groups is 1. The third-order valence-corrected chi connectivity index (χ3v) is 10.2. The summed E-state index contributed by atoms with van der Waals surface area (Å²) in [6.45, 7) is 1.87. The van der Waals surface area contributed by atoms with Crippen molar-refractivity contribution in [3.05, 3.63) is 239 Å². The average Bonchev–Trinajstić information content (AvgIpc) is 3.35. The minimum atomic E-state index is -0.235. The molecule has 0 aliphatic carbocycles. The van der Waals surface area contributed by atoms with Crippen LogP contribution in [0.3, 0.4) is 0 Å². The van der Waals surface area contributed by atoms with Gasteiger partial charge in [-0.05, 0) is 93.0 Å². The van der Waals surface area contributed by atoms with Crippen LogP contribution in [0, 0.1) is 0 Å². The van der Waals surface area contributed by atoms with Gasteiger partial charge in [-0.15, -0.1) is 0 Å². The van der Waals surface area contributed by atoms with E-state index in [4.69, 9.17) is 33.2 Å². The van der Waals surface area contributed by atoms with Crippen molar-refractivity contribution in [3.8, 4) is 46.0 Å². The topological polar surface area (TPSA) is 105 Å². The SMILES string of the molecule is OCc1cc(O)cc(OCc2cc(OCc3cc(OCc4ccccc4)cc(OCc4ccccc4)c3)cc(OCc3cc(OCc4ccccc4)cc(OCc4ccccc4)c3)c2)c1. The quantitative estimate of drug-likeness (QED) is 0.0689. The fraction of sp³-hybridized carbons (Fsp3) is 0.143. The van der Waals surface area contributed by atoms with Crippen LogP contribution < -0.4 is 33.2 Å². The number of phenols is 1. The Labute approximate surface area is 379 Å². The Kier molecular flexibility index (Phi) is 15.1. The van der Waals surface area contributed by atoms with Gasteiger partial charge in [-0.1, -0.05) is 121 Å². The number of rotatable bonds is 22. The highest BCUT2D eigenvalue weighted by molar-refractivity contribution is 5.43. The molecule has 0 radical (unpaired) electrons. The second kappa shape index (κ2) is 22.5. The standard InChI is InChI=1S/C56H50O9/c57-33-45-21-49(58)29-50(22-45)63-38-46-27-55(64-39-47-23-51(59-34-41-13-5-1-6-14-41)30-52(24-47)60-35-42-15-7-2-8-16-42)32-56(28-46)65-40-48-25-53(61-36-43-17-9-3-10-18-43)31-54(26-48)62-37-44-19-11-4-12-20-44/h1-32,57-58H,33-40H2. The van der Waals surface area contributed by atoms with Crippen LogP contribution in [-0.2, 0) is 52.9 Å². The molecule has 0 spiro atoms. The highest BCUT2D eigenvalue weighted by Crippen LogP contribution is 2.31. The van der Waals surface area contributed by atoms with Gasteiger partial charge in [0.1, 0.15) is 92.2 Å². The lowest BCUT2D eigenvalue weighted by molar-refractivity contribution is 0.271. The van der Waals surface area contributed by atoms with Crippen LogP contribution in [0.5, 0.6) is 46.0 Å². The van der Waals surface area contributed by atoms with Gasteiger partial charge in [-0.2, -0.15) is 0 Å². The molecule has 328 valence electrons. The fourth-order valence-corrected chi connectivity index (χ4v) is 6.92. The predicted molar refractivity (Wildman–Crippen MR) is 249 cm³/mol. The lowest BCUT2D eigenvalue weighted by Crippen LogP contribution is -2.04. The first-order valence-electron chi connectivity index (χ1n) is 21.4. The number of ether oxygens (including phenoxy) is 7. The monoisotopic (exact) mass is 866 g/mol. The number of phenolic OH excluding ortho intramolecular Hbond substituents is 1. The molecule has 0 fully saturated rings. The van der Waals surface area contributed by atoms with E-state index in [1.54, 1.807) is 6.07 Å². The van der Waals surface area contributed by atoms with Crippen molar-refractivity contribution in [2.24, 2.45) is 0 Å². The Morgan fingerprint density at radius 2 is 0.477 bits per heavy atom. The predicted octanol–water partition coefficient (Wildman–Crippen LogP) is 11.9. The molecular weight excluding hydrogens is 817 g/mol. The largest absolute Gasteiger partial charge is 0.508 e. The van der Waals surface area contributed by atoms with E-state index in [1.165, 1.54) is 12.1 Å². The van der Waals surface area contributed by atoms with Crippen LogP contribution in [0.2, 0.25) is 0 Å². The first-order chi connectivity index (χ1) is 32.0. The Hall–Kier alpha value is -7.88. The molecule has 0 aromatic heterocycles. The molecule has 0 saturated carbocycles. The van der Waals surface area contributed by atoms with Gasteiger partial charge in [-0.25, -0.2) is 0 Å². The number of hydrogen-bond acceptors (Lipinski definition) is 9. The summed E-state index contributed by atoms with van der Waals surface area (Å²) >= 11 is 0. The highest BCUT2D eigenvalue weighted by Gasteiger charge is 2.12. The second-order valence-electron chi connectivity index (χ2n) is 15.4. The van der Waals surface area contributed by atoms with Crippen LogP contribution in [0.15, 0.2) is 194 Å². The van der Waals surface area contributed by atoms with Crippen molar-refractivity contribution in [2.75, 3.05) is 0 Å². The number of aliphatic hydroxyl groups excluding tert-OH is 1. The molecule has 0 heterocycles. The van der Waals surface area contributed by atoms with E-state index < -0.39 is 0 Å². The molecule has 2 N–H and O–H groups in total. The number of hydrogen-bond donors (Lipinski definition) is 2. The highest BCUT2D eigenvalue weighted by atomic mass is 16.5. The molecule has 8 aromatic carbocycles. The number of benzene rings is 8. The summed E-state index contributed by atoms with van der Waals surface area (Å²) in [5.41, 5.74) is 7.17. The second-order valence-corrected chi connectivity index (χ2v) is 15.4. The van der Waals surface area contributed by atoms with Crippen molar-refractivity contribution < 1.29 is 43.4 Å². The molecule has 0 atom stereocenters. The molecule has 0 saturated heterocycles. The van der Waals surface area contributed by atoms with Gasteiger partial charge in [0.2, 0.25) is 0 Å². The van der Waals surface area contributed by atoms with Crippen molar-refractivity contribution >= 4 is 0 Å². The molecule has 0 unspecified atom stereocenters. The average molecular weight is 867 g/mol. The summed E-state index contributed by atoms with van der Waals surface area (Å²) in [6, 6.07) is 61.9. The zero-order valence-electron chi connectivity index (χ0n) is 35.9. The van der Waals surface area contributed by atoms with Crippen LogP contribution in [0.25, 0.3) is 0 Å². The summed E-state index contributed by atoms with van der Waals surface area (Å²) in [4.78, 5) is 0. The molecule has 0 bridgehead atoms. The lowest BCUT2D eigenvalue weighted by atomic mass is 10.1. The van der Waals surface area contributed by atoms with Crippen molar-refractivity contribution in [2.45, 2.75) is 52.9 Å². The van der Waals surface area contributed by atoms with E-state index >= 15 is 0 Å². The van der Waals surface area contributed by atoms with Gasteiger partial charge in [-0.3, -0.25) is 0 Å². The van der Waals surface area contributed by atoms with Crippen molar-refractivity contribution in [1.29, 1.82) is 0 Å². The van der Waals surface area contributed by atoms with E-state index in [0.29, 0.717) is 72.2 Å². The van der Waals surface area contributed by atoms with Crippen LogP contribution >= 0.6 is 0 Å². The molecule has 9 heteroatoms. The maximum absolute atomic E-state index is 10.2. The Morgan fingerprint density at radius 1 is 0.246 bits per heavy atom. The lowest BCUT2D eigenvalue weighted by Gasteiger charge is -2.16. The summed E-state index contributed by atoms with van der Waals surface area (Å²) in [6.07, 6.45) is 0. The first-order valence-corrected chi connectivity index (χ1v) is 21.4. The zero-order valence-corrected chi connectivity index (χ0v) is 35.9. The Morgan fingerprint density at radius 3 is 0.738 bits per heavy atom. The molecule has 8 rings (SSSR count). The minimum Gasteiger partial charge on any atom is -0.508 e. The van der Waals surface area contributed by atoms with Gasteiger partial charge in [0.25, 0.3) is 0 Å². The summed E-state index contributed by atoms with van der Waals surface area (Å²) in [5, 5.41) is 20.0. The molecule has 0 amide bonds. The zero-order chi connectivity index (χ0) is 44.5. The van der Waals surface area contributed by atoms with E-state index in [1.807, 2.05) is 176 Å². The van der Waals surface area contributed by atoms with E-state index in [2.05, 4.69) is 0 Å². The molecule has 9 nitrogen and oxygen atoms in total. The Bertz CT molecular complexity index is 2430. The van der Waals surface area contributed by atoms with E-state index in [-0.39, 0.29) is 32.2 Å². The van der Waals surface area contributed by atoms with E-state index in [9.17, 15) is 10.2 Å². The van der Waals surface area contributed by atoms with Gasteiger partial charge in [0, 0.05) is 24.3 Å². The first kappa shape index (κ1) is 43.8. The van der Waals surface area contributed by atoms with Gasteiger partial charge < -0.3 is 43.4 Å². The molecule has 65 heavy (non-hydrogen) atoms. The molecule has 0 aliphatic heterocycles. The van der Waals surface area contributed by atoms with Crippen molar-refractivity contribution in [3.63, 3.8) is 0 Å². The smallest absolute Gasteiger partial charge is 0.123 e. The minimum absolute atomic E-state index is 0.00292. The third kappa shape index (κ3) is 13.8. The third-order valence-electron chi connectivity index (χ3n) is 10.2. The normalized spacial score (nSPS) is 10.8. The van der Waals surface area contributed by atoms with E-state index in [0.717, 1.165) is 38.9 Å². The Balaban J connectivity index is 1.03. The van der Waals surface area contributed by atoms with Crippen LogP contribution in [-0.4, -0.2) is 10.2 Å². The molecule has 0 aliphatic rings. The van der Waals surface area contributed by atoms with Gasteiger partial charge in [0.15, 0.2) is 0 Å². The molecular formula is C56H50O9. The van der Waals surface area contributed by atoms with Crippen LogP contribution in [0.4, 0.5) is 0 Å². The summed E-state index contributed by atoms with van der Waals surface area (Å²) < 4.78 is 44.1. The summed E-state index contributed by atoms with van der Waals surface area (Å²) in [7, 11) is 0. The summed E-state index contributed by atoms with van der Waals surface area (Å²) in [5.74, 6) is 4.11. The van der Waals surface area contributed by atoms with Crippen LogP contribution in [0.1, 0.15) is 44.5 Å². The maximum Gasteiger partial charge on any atom is 0.123 e. The van der Waals surface area contributed by atoms with Gasteiger partial charge in [0.05, 0.1) is 6.61 Å². The van der Waals surface area contributed by atoms with Gasteiger partial charge >= 0.3 is 0 Å². The number of aliphatic hydroxyl groups is 1. The van der Waals surface area contributed by atoms with Crippen molar-refractivity contribution in [1.82, 2.24) is 0 Å².